The molecule has 3 nitrogen and oxygen atoms in total. The molecule has 3 heteroatoms. The number of aliphatic imine (C=N–C) groups is 1. The molecule has 10 heavy (non-hydrogen) atoms. The molecule has 1 rings (SSSR count). The smallest absolute Gasteiger partial charge is 0.191 e. The molecule has 1 saturated heterocycles. The summed E-state index contributed by atoms with van der Waals surface area (Å²) in [6.45, 7) is 6.24. The second-order valence-electron chi connectivity index (χ2n) is 2.92. The van der Waals surface area contributed by atoms with E-state index in [1.807, 2.05) is 13.8 Å². The summed E-state index contributed by atoms with van der Waals surface area (Å²) in [5.41, 5.74) is 5.66. The fourth-order valence-corrected chi connectivity index (χ4v) is 0.892. The van der Waals surface area contributed by atoms with Gasteiger partial charge in [-0.05, 0) is 20.3 Å². The summed E-state index contributed by atoms with van der Waals surface area (Å²) in [6.07, 6.45) is 1.26. The summed E-state index contributed by atoms with van der Waals surface area (Å²) in [6, 6.07) is 0.320. The minimum atomic E-state index is 0.320. The summed E-state index contributed by atoms with van der Waals surface area (Å²) >= 11 is 0. The molecule has 1 aliphatic rings. The molecule has 2 N–H and O–H groups in total. The molecular weight excluding hydrogens is 126 g/mol. The van der Waals surface area contributed by atoms with E-state index in [9.17, 15) is 0 Å². The van der Waals surface area contributed by atoms with E-state index in [0.29, 0.717) is 12.0 Å². The van der Waals surface area contributed by atoms with Crippen LogP contribution in [-0.4, -0.2) is 30.0 Å². The van der Waals surface area contributed by atoms with E-state index in [1.165, 1.54) is 6.42 Å². The van der Waals surface area contributed by atoms with Crippen molar-refractivity contribution in [2.45, 2.75) is 26.3 Å². The van der Waals surface area contributed by atoms with E-state index >= 15 is 0 Å². The molecule has 1 heterocycles. The number of nitrogens with two attached hydrogens (primary N) is 1. The zero-order valence-electron chi connectivity index (χ0n) is 6.67. The van der Waals surface area contributed by atoms with Gasteiger partial charge in [0.05, 0.1) is 0 Å². The van der Waals surface area contributed by atoms with Crippen molar-refractivity contribution in [1.29, 1.82) is 0 Å². The fourth-order valence-electron chi connectivity index (χ4n) is 0.892. The number of nitrogens with zero attached hydrogens (tertiary/aromatic N) is 2. The highest BCUT2D eigenvalue weighted by atomic mass is 15.3. The maximum absolute atomic E-state index is 5.66. The Labute approximate surface area is 61.9 Å². The zero-order valence-corrected chi connectivity index (χ0v) is 6.67. The summed E-state index contributed by atoms with van der Waals surface area (Å²) in [5, 5.41) is 0. The van der Waals surface area contributed by atoms with Crippen LogP contribution in [0.15, 0.2) is 4.99 Å². The minimum Gasteiger partial charge on any atom is -0.370 e. The van der Waals surface area contributed by atoms with Crippen LogP contribution in [0.25, 0.3) is 0 Å². The second-order valence-corrected chi connectivity index (χ2v) is 2.92. The Bertz CT molecular complexity index is 136. The number of rotatable bonds is 1. The van der Waals surface area contributed by atoms with Gasteiger partial charge in [0.25, 0.3) is 0 Å². The first-order chi connectivity index (χ1) is 4.70. The molecule has 0 aromatic carbocycles. The summed E-state index contributed by atoms with van der Waals surface area (Å²) in [5.74, 6) is 0.709. The number of hydrogen-bond acceptors (Lipinski definition) is 1. The van der Waals surface area contributed by atoms with Gasteiger partial charge in [-0.3, -0.25) is 4.99 Å². The molecule has 58 valence electrons. The molecule has 0 aromatic heterocycles. The minimum absolute atomic E-state index is 0.320. The van der Waals surface area contributed by atoms with Crippen molar-refractivity contribution in [3.8, 4) is 0 Å². The first-order valence-electron chi connectivity index (χ1n) is 3.78. The standard InChI is InChI=1S/C7H15N3/c1-6(2)9-7(8)10-4-3-5-10/h6H,3-5H2,1-2H3,(H2,8,9). The van der Waals surface area contributed by atoms with E-state index in [1.54, 1.807) is 0 Å². The molecule has 0 radical (unpaired) electrons. The van der Waals surface area contributed by atoms with E-state index in [-0.39, 0.29) is 0 Å². The van der Waals surface area contributed by atoms with E-state index < -0.39 is 0 Å². The lowest BCUT2D eigenvalue weighted by Gasteiger charge is -2.32. The Morgan fingerprint density at radius 2 is 2.10 bits per heavy atom. The van der Waals surface area contributed by atoms with E-state index in [4.69, 9.17) is 5.73 Å². The third-order valence-electron chi connectivity index (χ3n) is 1.57. The highest BCUT2D eigenvalue weighted by Crippen LogP contribution is 2.04. The van der Waals surface area contributed by atoms with Crippen molar-refractivity contribution in [2.24, 2.45) is 10.7 Å². The van der Waals surface area contributed by atoms with Crippen LogP contribution < -0.4 is 5.73 Å². The molecule has 0 bridgehead atoms. The number of guanidine groups is 1. The van der Waals surface area contributed by atoms with Crippen molar-refractivity contribution in [1.82, 2.24) is 4.90 Å². The van der Waals surface area contributed by atoms with Crippen LogP contribution in [0.3, 0.4) is 0 Å². The van der Waals surface area contributed by atoms with Crippen LogP contribution in [0.4, 0.5) is 0 Å². The van der Waals surface area contributed by atoms with Gasteiger partial charge >= 0.3 is 0 Å². The lowest BCUT2D eigenvalue weighted by Crippen LogP contribution is -2.46. The van der Waals surface area contributed by atoms with Crippen molar-refractivity contribution in [3.63, 3.8) is 0 Å². The van der Waals surface area contributed by atoms with Crippen molar-refractivity contribution < 1.29 is 0 Å². The van der Waals surface area contributed by atoms with Crippen molar-refractivity contribution in [2.75, 3.05) is 13.1 Å². The van der Waals surface area contributed by atoms with Gasteiger partial charge in [-0.1, -0.05) is 0 Å². The van der Waals surface area contributed by atoms with Gasteiger partial charge in [-0.2, -0.15) is 0 Å². The first-order valence-corrected chi connectivity index (χ1v) is 3.78. The Morgan fingerprint density at radius 1 is 1.50 bits per heavy atom. The van der Waals surface area contributed by atoms with Gasteiger partial charge < -0.3 is 10.6 Å². The van der Waals surface area contributed by atoms with E-state index in [2.05, 4.69) is 9.89 Å². The Kier molecular flexibility index (Phi) is 2.14. The van der Waals surface area contributed by atoms with E-state index in [0.717, 1.165) is 13.1 Å². The second kappa shape index (κ2) is 2.90. The fraction of sp³-hybridized carbons (Fsp3) is 0.857. The Morgan fingerprint density at radius 3 is 2.40 bits per heavy atom. The molecule has 0 aliphatic carbocycles. The molecule has 0 amide bonds. The third-order valence-corrected chi connectivity index (χ3v) is 1.57. The van der Waals surface area contributed by atoms with Crippen molar-refractivity contribution >= 4 is 5.96 Å². The number of hydrogen-bond donors (Lipinski definition) is 1. The topological polar surface area (TPSA) is 41.6 Å². The predicted octanol–water partition coefficient (Wildman–Crippen LogP) is 0.415. The monoisotopic (exact) mass is 141 g/mol. The lowest BCUT2D eigenvalue weighted by molar-refractivity contribution is 0.295. The molecule has 0 spiro atoms. The number of likely N-dealkylation sites (tertiary alicyclic amines) is 1. The Hall–Kier alpha value is -0.730. The SMILES string of the molecule is CC(C)N=C(N)N1CCC1. The normalized spacial score (nSPS) is 19.5. The average Bonchev–Trinajstić information content (AvgIpc) is 1.55. The highest BCUT2D eigenvalue weighted by molar-refractivity contribution is 5.78. The summed E-state index contributed by atoms with van der Waals surface area (Å²) in [4.78, 5) is 6.32. The molecule has 0 aromatic rings. The largest absolute Gasteiger partial charge is 0.370 e. The van der Waals surface area contributed by atoms with Crippen LogP contribution in [0.2, 0.25) is 0 Å². The average molecular weight is 141 g/mol. The summed E-state index contributed by atoms with van der Waals surface area (Å²) < 4.78 is 0. The molecular formula is C7H15N3. The van der Waals surface area contributed by atoms with Gasteiger partial charge in [0.1, 0.15) is 0 Å². The molecule has 0 atom stereocenters. The molecule has 0 unspecified atom stereocenters. The zero-order chi connectivity index (χ0) is 7.56. The molecule has 0 saturated carbocycles. The van der Waals surface area contributed by atoms with Crippen LogP contribution in [0.1, 0.15) is 20.3 Å². The van der Waals surface area contributed by atoms with Gasteiger partial charge in [0.15, 0.2) is 5.96 Å². The van der Waals surface area contributed by atoms with Gasteiger partial charge in [-0.25, -0.2) is 0 Å². The Balaban J connectivity index is 2.38. The van der Waals surface area contributed by atoms with Crippen LogP contribution >= 0.6 is 0 Å². The maximum atomic E-state index is 5.66. The quantitative estimate of drug-likeness (QED) is 0.424. The summed E-state index contributed by atoms with van der Waals surface area (Å²) in [7, 11) is 0. The molecule has 1 fully saturated rings. The lowest BCUT2D eigenvalue weighted by atomic mass is 10.2. The van der Waals surface area contributed by atoms with Crippen molar-refractivity contribution in [3.05, 3.63) is 0 Å². The third kappa shape index (κ3) is 1.62. The van der Waals surface area contributed by atoms with Crippen LogP contribution in [0.5, 0.6) is 0 Å². The van der Waals surface area contributed by atoms with Crippen LogP contribution in [0, 0.1) is 0 Å². The maximum Gasteiger partial charge on any atom is 0.191 e. The van der Waals surface area contributed by atoms with Gasteiger partial charge in [0.2, 0.25) is 0 Å². The molecule has 1 aliphatic heterocycles. The van der Waals surface area contributed by atoms with Gasteiger partial charge in [0, 0.05) is 19.1 Å². The van der Waals surface area contributed by atoms with Crippen LogP contribution in [-0.2, 0) is 0 Å². The van der Waals surface area contributed by atoms with Gasteiger partial charge in [-0.15, -0.1) is 0 Å². The predicted molar refractivity (Wildman–Crippen MR) is 42.9 cm³/mol. The highest BCUT2D eigenvalue weighted by Gasteiger charge is 2.15. The first kappa shape index (κ1) is 7.38.